The fourth-order valence-electron chi connectivity index (χ4n) is 1.02. The molecule has 0 aliphatic carbocycles. The van der Waals surface area contributed by atoms with Gasteiger partial charge >= 0.3 is 0 Å². The first-order valence-corrected chi connectivity index (χ1v) is 4.47. The number of carbonyl (C=O) groups is 1. The fraction of sp³-hybridized carbons (Fsp3) is 0.364. The van der Waals surface area contributed by atoms with Crippen molar-refractivity contribution >= 4 is 6.29 Å². The van der Waals surface area contributed by atoms with Gasteiger partial charge in [0.2, 0.25) is 0 Å². The van der Waals surface area contributed by atoms with Gasteiger partial charge < -0.3 is 9.47 Å². The molecule has 0 aliphatic rings. The van der Waals surface area contributed by atoms with E-state index in [-0.39, 0.29) is 0 Å². The Morgan fingerprint density at radius 1 is 1.21 bits per heavy atom. The highest BCUT2D eigenvalue weighted by atomic mass is 16.5. The van der Waals surface area contributed by atoms with Crippen LogP contribution in [0.15, 0.2) is 24.3 Å². The van der Waals surface area contributed by atoms with Crippen LogP contribution in [0.5, 0.6) is 0 Å². The molecule has 0 amide bonds. The molecule has 14 heavy (non-hydrogen) atoms. The Labute approximate surface area is 83.6 Å². The zero-order chi connectivity index (χ0) is 10.2. The van der Waals surface area contributed by atoms with Crippen LogP contribution in [0.2, 0.25) is 0 Å². The lowest BCUT2D eigenvalue weighted by Gasteiger charge is -2.03. The maximum atomic E-state index is 10.4. The van der Waals surface area contributed by atoms with Crippen LogP contribution in [0, 0.1) is 0 Å². The molecule has 0 N–H and O–H groups in total. The molecule has 0 unspecified atom stereocenters. The molecule has 1 aromatic carbocycles. The summed E-state index contributed by atoms with van der Waals surface area (Å²) in [5.74, 6) is 0. The Hall–Kier alpha value is -1.19. The Morgan fingerprint density at radius 2 is 1.93 bits per heavy atom. The molecule has 0 bridgehead atoms. The normalized spacial score (nSPS) is 10.1. The summed E-state index contributed by atoms with van der Waals surface area (Å²) in [7, 11) is 1.64. The van der Waals surface area contributed by atoms with E-state index in [4.69, 9.17) is 9.47 Å². The van der Waals surface area contributed by atoms with Gasteiger partial charge in [-0.05, 0) is 5.56 Å². The third kappa shape index (κ3) is 3.68. The monoisotopic (exact) mass is 194 g/mol. The lowest BCUT2D eigenvalue weighted by Crippen LogP contribution is -2.01. The molecule has 1 aromatic rings. The van der Waals surface area contributed by atoms with Crippen molar-refractivity contribution in [3.05, 3.63) is 35.4 Å². The first-order chi connectivity index (χ1) is 6.86. The molecule has 0 spiro atoms. The van der Waals surface area contributed by atoms with Crippen LogP contribution in [-0.2, 0) is 16.1 Å². The van der Waals surface area contributed by atoms with Gasteiger partial charge in [-0.1, -0.05) is 24.3 Å². The Kier molecular flexibility index (Phi) is 4.89. The molecule has 0 aliphatic heterocycles. The summed E-state index contributed by atoms with van der Waals surface area (Å²) < 4.78 is 10.2. The second-order valence-corrected chi connectivity index (χ2v) is 2.90. The quantitative estimate of drug-likeness (QED) is 0.510. The van der Waals surface area contributed by atoms with Crippen molar-refractivity contribution in [2.24, 2.45) is 0 Å². The van der Waals surface area contributed by atoms with Crippen molar-refractivity contribution in [3.63, 3.8) is 0 Å². The summed E-state index contributed by atoms with van der Waals surface area (Å²) in [6, 6.07) is 7.33. The number of benzene rings is 1. The number of rotatable bonds is 6. The van der Waals surface area contributed by atoms with E-state index in [1.165, 1.54) is 0 Å². The maximum absolute atomic E-state index is 10.4. The highest BCUT2D eigenvalue weighted by molar-refractivity contribution is 5.74. The van der Waals surface area contributed by atoms with E-state index < -0.39 is 0 Å². The second-order valence-electron chi connectivity index (χ2n) is 2.90. The number of aldehydes is 1. The minimum absolute atomic E-state index is 0.558. The summed E-state index contributed by atoms with van der Waals surface area (Å²) in [6.07, 6.45) is 0.829. The SMILES string of the molecule is COCCOCc1ccc(C=O)cc1. The van der Waals surface area contributed by atoms with Crippen LogP contribution in [-0.4, -0.2) is 26.6 Å². The van der Waals surface area contributed by atoms with Gasteiger partial charge in [0.1, 0.15) is 6.29 Å². The summed E-state index contributed by atoms with van der Waals surface area (Å²) in [6.45, 7) is 1.75. The van der Waals surface area contributed by atoms with E-state index in [1.54, 1.807) is 19.2 Å². The van der Waals surface area contributed by atoms with Crippen molar-refractivity contribution in [2.45, 2.75) is 6.61 Å². The lowest BCUT2D eigenvalue weighted by atomic mass is 10.2. The Balaban J connectivity index is 2.32. The van der Waals surface area contributed by atoms with E-state index in [9.17, 15) is 4.79 Å². The molecule has 1 rings (SSSR count). The molecule has 3 nitrogen and oxygen atoms in total. The summed E-state index contributed by atoms with van der Waals surface area (Å²) in [5.41, 5.74) is 1.75. The molecule has 3 heteroatoms. The van der Waals surface area contributed by atoms with Crippen LogP contribution in [0.1, 0.15) is 15.9 Å². The average Bonchev–Trinajstić information content (AvgIpc) is 2.25. The van der Waals surface area contributed by atoms with Crippen molar-refractivity contribution in [1.29, 1.82) is 0 Å². The van der Waals surface area contributed by atoms with Gasteiger partial charge in [-0.2, -0.15) is 0 Å². The van der Waals surface area contributed by atoms with Crippen molar-refractivity contribution in [2.75, 3.05) is 20.3 Å². The van der Waals surface area contributed by atoms with Crippen LogP contribution in [0.4, 0.5) is 0 Å². The van der Waals surface area contributed by atoms with Crippen LogP contribution < -0.4 is 0 Å². The molecule has 0 saturated heterocycles. The number of hydrogen-bond acceptors (Lipinski definition) is 3. The van der Waals surface area contributed by atoms with Crippen LogP contribution in [0.25, 0.3) is 0 Å². The van der Waals surface area contributed by atoms with Gasteiger partial charge in [0.25, 0.3) is 0 Å². The third-order valence-corrected chi connectivity index (χ3v) is 1.82. The summed E-state index contributed by atoms with van der Waals surface area (Å²) in [4.78, 5) is 10.4. The number of hydrogen-bond donors (Lipinski definition) is 0. The molecule has 0 fully saturated rings. The van der Waals surface area contributed by atoms with Gasteiger partial charge in [-0.25, -0.2) is 0 Å². The van der Waals surface area contributed by atoms with Gasteiger partial charge in [-0.3, -0.25) is 4.79 Å². The Morgan fingerprint density at radius 3 is 2.50 bits per heavy atom. The predicted molar refractivity (Wildman–Crippen MR) is 53.4 cm³/mol. The van der Waals surface area contributed by atoms with Gasteiger partial charge in [0.15, 0.2) is 0 Å². The molecule has 76 valence electrons. The highest BCUT2D eigenvalue weighted by Gasteiger charge is 1.93. The fourth-order valence-corrected chi connectivity index (χ4v) is 1.02. The van der Waals surface area contributed by atoms with Gasteiger partial charge in [-0.15, -0.1) is 0 Å². The number of methoxy groups -OCH3 is 1. The predicted octanol–water partition coefficient (Wildman–Crippen LogP) is 1.66. The van der Waals surface area contributed by atoms with Crippen molar-refractivity contribution in [3.8, 4) is 0 Å². The molecular weight excluding hydrogens is 180 g/mol. The minimum Gasteiger partial charge on any atom is -0.382 e. The number of carbonyl (C=O) groups excluding carboxylic acids is 1. The second kappa shape index (κ2) is 6.29. The molecule has 0 saturated carbocycles. The Bertz CT molecular complexity index is 266. The summed E-state index contributed by atoms with van der Waals surface area (Å²) >= 11 is 0. The van der Waals surface area contributed by atoms with E-state index >= 15 is 0 Å². The van der Waals surface area contributed by atoms with E-state index in [0.717, 1.165) is 11.8 Å². The molecular formula is C11H14O3. The topological polar surface area (TPSA) is 35.5 Å². The molecule has 0 atom stereocenters. The highest BCUT2D eigenvalue weighted by Crippen LogP contribution is 2.03. The van der Waals surface area contributed by atoms with E-state index in [1.807, 2.05) is 12.1 Å². The molecule has 0 aromatic heterocycles. The van der Waals surface area contributed by atoms with Gasteiger partial charge in [0.05, 0.1) is 19.8 Å². The minimum atomic E-state index is 0.558. The first-order valence-electron chi connectivity index (χ1n) is 4.47. The smallest absolute Gasteiger partial charge is 0.150 e. The van der Waals surface area contributed by atoms with Crippen molar-refractivity contribution < 1.29 is 14.3 Å². The summed E-state index contributed by atoms with van der Waals surface area (Å²) in [5, 5.41) is 0. The third-order valence-electron chi connectivity index (χ3n) is 1.82. The zero-order valence-electron chi connectivity index (χ0n) is 8.23. The standard InChI is InChI=1S/C11H14O3/c1-13-6-7-14-9-11-4-2-10(8-12)3-5-11/h2-5,8H,6-7,9H2,1H3. The van der Waals surface area contributed by atoms with Crippen LogP contribution in [0.3, 0.4) is 0 Å². The maximum Gasteiger partial charge on any atom is 0.150 e. The first kappa shape index (κ1) is 10.9. The largest absolute Gasteiger partial charge is 0.382 e. The van der Waals surface area contributed by atoms with E-state index in [2.05, 4.69) is 0 Å². The van der Waals surface area contributed by atoms with Crippen molar-refractivity contribution in [1.82, 2.24) is 0 Å². The zero-order valence-corrected chi connectivity index (χ0v) is 8.23. The van der Waals surface area contributed by atoms with Gasteiger partial charge in [0, 0.05) is 12.7 Å². The average molecular weight is 194 g/mol. The van der Waals surface area contributed by atoms with Crippen LogP contribution >= 0.6 is 0 Å². The van der Waals surface area contributed by atoms with E-state index in [0.29, 0.717) is 25.4 Å². The number of ether oxygens (including phenoxy) is 2. The molecule has 0 radical (unpaired) electrons. The molecule has 0 heterocycles. The lowest BCUT2D eigenvalue weighted by molar-refractivity contribution is 0.0616.